The number of rotatable bonds is 3. The van der Waals surface area contributed by atoms with Crippen LogP contribution in [-0.2, 0) is 11.3 Å². The van der Waals surface area contributed by atoms with Gasteiger partial charge in [-0.2, -0.15) is 0 Å². The molecule has 0 radical (unpaired) electrons. The number of thiophene rings is 1. The van der Waals surface area contributed by atoms with Gasteiger partial charge in [-0.3, -0.25) is 0 Å². The van der Waals surface area contributed by atoms with Gasteiger partial charge in [-0.25, -0.2) is 9.18 Å². The highest BCUT2D eigenvalue weighted by atomic mass is 35.5. The number of ether oxygens (including phenoxy) is 1. The van der Waals surface area contributed by atoms with Crippen molar-refractivity contribution >= 4 is 29.0 Å². The number of nitrogens with one attached hydrogen (secondary N) is 1. The molecule has 23 heavy (non-hydrogen) atoms. The summed E-state index contributed by atoms with van der Waals surface area (Å²) in [7, 11) is 0. The minimum absolute atomic E-state index is 0.0605. The first-order valence-electron chi connectivity index (χ1n) is 7.25. The van der Waals surface area contributed by atoms with Crippen LogP contribution in [0, 0.1) is 5.82 Å². The normalized spacial score (nSPS) is 18.0. The van der Waals surface area contributed by atoms with E-state index in [1.807, 2.05) is 17.5 Å². The SMILES string of the molecule is O=C(NCc1cccs1)N1CCO[C@H](c2ccc(F)c(Cl)c2)C1. The molecule has 3 rings (SSSR count). The predicted molar refractivity (Wildman–Crippen MR) is 88.2 cm³/mol. The van der Waals surface area contributed by atoms with Gasteiger partial charge in [0.1, 0.15) is 11.9 Å². The molecule has 4 nitrogen and oxygen atoms in total. The summed E-state index contributed by atoms with van der Waals surface area (Å²) in [6.45, 7) is 1.90. The molecule has 1 fully saturated rings. The summed E-state index contributed by atoms with van der Waals surface area (Å²) in [5.74, 6) is -0.461. The second-order valence-electron chi connectivity index (χ2n) is 5.22. The second kappa shape index (κ2) is 7.29. The fraction of sp³-hybridized carbons (Fsp3) is 0.312. The van der Waals surface area contributed by atoms with Crippen LogP contribution in [0.25, 0.3) is 0 Å². The van der Waals surface area contributed by atoms with Gasteiger partial charge in [-0.15, -0.1) is 11.3 Å². The van der Waals surface area contributed by atoms with E-state index in [9.17, 15) is 9.18 Å². The number of benzene rings is 1. The molecule has 1 saturated heterocycles. The lowest BCUT2D eigenvalue weighted by Gasteiger charge is -2.33. The third kappa shape index (κ3) is 4.02. The molecular weight excluding hydrogens is 339 g/mol. The molecule has 1 aliphatic heterocycles. The van der Waals surface area contributed by atoms with Crippen LogP contribution < -0.4 is 5.32 Å². The molecule has 0 aliphatic carbocycles. The number of carbonyl (C=O) groups is 1. The Kier molecular flexibility index (Phi) is 5.15. The van der Waals surface area contributed by atoms with E-state index in [4.69, 9.17) is 16.3 Å². The smallest absolute Gasteiger partial charge is 0.317 e. The highest BCUT2D eigenvalue weighted by Crippen LogP contribution is 2.26. The van der Waals surface area contributed by atoms with E-state index >= 15 is 0 Å². The van der Waals surface area contributed by atoms with Crippen LogP contribution in [0.4, 0.5) is 9.18 Å². The van der Waals surface area contributed by atoms with Crippen LogP contribution in [0.1, 0.15) is 16.5 Å². The number of urea groups is 1. The number of morpholine rings is 1. The first-order valence-corrected chi connectivity index (χ1v) is 8.51. The highest BCUT2D eigenvalue weighted by molar-refractivity contribution is 7.09. The van der Waals surface area contributed by atoms with E-state index in [1.54, 1.807) is 28.4 Å². The lowest BCUT2D eigenvalue weighted by Crippen LogP contribution is -2.46. The molecule has 0 saturated carbocycles. The molecule has 2 amide bonds. The van der Waals surface area contributed by atoms with Crippen molar-refractivity contribution in [2.24, 2.45) is 0 Å². The Morgan fingerprint density at radius 1 is 1.48 bits per heavy atom. The van der Waals surface area contributed by atoms with Gasteiger partial charge in [-0.1, -0.05) is 23.7 Å². The van der Waals surface area contributed by atoms with E-state index in [1.165, 1.54) is 6.07 Å². The maximum absolute atomic E-state index is 13.3. The van der Waals surface area contributed by atoms with Crippen molar-refractivity contribution in [3.8, 4) is 0 Å². The third-order valence-electron chi connectivity index (χ3n) is 3.66. The van der Waals surface area contributed by atoms with E-state index in [0.29, 0.717) is 26.2 Å². The van der Waals surface area contributed by atoms with Gasteiger partial charge in [0, 0.05) is 11.4 Å². The van der Waals surface area contributed by atoms with Gasteiger partial charge >= 0.3 is 6.03 Å². The minimum Gasteiger partial charge on any atom is -0.370 e. The highest BCUT2D eigenvalue weighted by Gasteiger charge is 2.25. The number of amides is 2. The summed E-state index contributed by atoms with van der Waals surface area (Å²) in [6.07, 6.45) is -0.297. The fourth-order valence-corrected chi connectivity index (χ4v) is 3.27. The lowest BCUT2D eigenvalue weighted by atomic mass is 10.1. The summed E-state index contributed by atoms with van der Waals surface area (Å²) in [5, 5.41) is 4.94. The van der Waals surface area contributed by atoms with Crippen LogP contribution in [-0.4, -0.2) is 30.6 Å². The fourth-order valence-electron chi connectivity index (χ4n) is 2.44. The standard InChI is InChI=1S/C16H16ClFN2O2S/c17-13-8-11(3-4-14(13)18)15-10-20(5-6-22-15)16(21)19-9-12-2-1-7-23-12/h1-4,7-8,15H,5-6,9-10H2,(H,19,21)/t15-/m0/s1. The van der Waals surface area contributed by atoms with Crippen molar-refractivity contribution in [2.45, 2.75) is 12.6 Å². The molecule has 0 spiro atoms. The number of carbonyl (C=O) groups excluding carboxylic acids is 1. The summed E-state index contributed by atoms with van der Waals surface area (Å²) >= 11 is 7.42. The Labute approximate surface area is 142 Å². The monoisotopic (exact) mass is 354 g/mol. The summed E-state index contributed by atoms with van der Waals surface area (Å²) < 4.78 is 18.9. The Hall–Kier alpha value is -1.63. The van der Waals surface area contributed by atoms with E-state index in [-0.39, 0.29) is 17.2 Å². The van der Waals surface area contributed by atoms with Gasteiger partial charge in [0.05, 0.1) is 24.7 Å². The minimum atomic E-state index is -0.461. The summed E-state index contributed by atoms with van der Waals surface area (Å²) in [4.78, 5) is 15.1. The quantitative estimate of drug-likeness (QED) is 0.910. The maximum atomic E-state index is 13.3. The van der Waals surface area contributed by atoms with Crippen molar-refractivity contribution in [3.63, 3.8) is 0 Å². The number of hydrogen-bond acceptors (Lipinski definition) is 3. The van der Waals surface area contributed by atoms with Gasteiger partial charge in [0.25, 0.3) is 0 Å². The van der Waals surface area contributed by atoms with Crippen molar-refractivity contribution in [3.05, 3.63) is 57.0 Å². The molecule has 2 aromatic rings. The second-order valence-corrected chi connectivity index (χ2v) is 6.66. The molecule has 0 bridgehead atoms. The zero-order valence-corrected chi connectivity index (χ0v) is 13.9. The van der Waals surface area contributed by atoms with Gasteiger partial charge in [-0.05, 0) is 29.1 Å². The molecular formula is C16H16ClFN2O2S. The first-order chi connectivity index (χ1) is 11.1. The van der Waals surface area contributed by atoms with Crippen molar-refractivity contribution in [1.29, 1.82) is 0 Å². The molecule has 7 heteroatoms. The van der Waals surface area contributed by atoms with Gasteiger partial charge in [0.15, 0.2) is 0 Å². The molecule has 0 unspecified atom stereocenters. The van der Waals surface area contributed by atoms with E-state index in [0.717, 1.165) is 10.4 Å². The van der Waals surface area contributed by atoms with Gasteiger partial charge < -0.3 is 15.0 Å². The summed E-state index contributed by atoms with van der Waals surface area (Å²) in [5.41, 5.74) is 0.771. The van der Waals surface area contributed by atoms with Crippen LogP contribution in [0.5, 0.6) is 0 Å². The zero-order chi connectivity index (χ0) is 16.2. The molecule has 1 aromatic carbocycles. The zero-order valence-electron chi connectivity index (χ0n) is 12.3. The predicted octanol–water partition coefficient (Wildman–Crippen LogP) is 3.82. The Morgan fingerprint density at radius 3 is 3.09 bits per heavy atom. The third-order valence-corrected chi connectivity index (χ3v) is 4.83. The lowest BCUT2D eigenvalue weighted by molar-refractivity contribution is -0.0154. The first kappa shape index (κ1) is 16.2. The van der Waals surface area contributed by atoms with Gasteiger partial charge in [0.2, 0.25) is 0 Å². The van der Waals surface area contributed by atoms with Crippen molar-refractivity contribution in [2.75, 3.05) is 19.7 Å². The molecule has 2 heterocycles. The van der Waals surface area contributed by atoms with Crippen LogP contribution >= 0.6 is 22.9 Å². The Morgan fingerprint density at radius 2 is 2.35 bits per heavy atom. The van der Waals surface area contributed by atoms with Crippen molar-refractivity contribution < 1.29 is 13.9 Å². The average molecular weight is 355 g/mol. The molecule has 1 aromatic heterocycles. The number of halogens is 2. The van der Waals surface area contributed by atoms with Crippen molar-refractivity contribution in [1.82, 2.24) is 10.2 Å². The molecule has 1 atom stereocenters. The maximum Gasteiger partial charge on any atom is 0.317 e. The Balaban J connectivity index is 1.60. The van der Waals surface area contributed by atoms with E-state index < -0.39 is 5.82 Å². The van der Waals surface area contributed by atoms with Crippen LogP contribution in [0.15, 0.2) is 35.7 Å². The Bertz CT molecular complexity index is 681. The average Bonchev–Trinajstić information content (AvgIpc) is 3.09. The summed E-state index contributed by atoms with van der Waals surface area (Å²) in [6, 6.07) is 8.31. The molecule has 122 valence electrons. The topological polar surface area (TPSA) is 41.6 Å². The van der Waals surface area contributed by atoms with Crippen LogP contribution in [0.2, 0.25) is 5.02 Å². The number of hydrogen-bond donors (Lipinski definition) is 1. The largest absolute Gasteiger partial charge is 0.370 e. The number of nitrogens with zero attached hydrogens (tertiary/aromatic N) is 1. The molecule has 1 aliphatic rings. The molecule has 1 N–H and O–H groups in total. The van der Waals surface area contributed by atoms with Crippen LogP contribution in [0.3, 0.4) is 0 Å². The van der Waals surface area contributed by atoms with E-state index in [2.05, 4.69) is 5.32 Å².